The van der Waals surface area contributed by atoms with Crippen molar-refractivity contribution in [2.24, 2.45) is 11.3 Å². The molecule has 0 aromatic heterocycles. The van der Waals surface area contributed by atoms with Crippen LogP contribution < -0.4 is 0 Å². The molecule has 0 saturated heterocycles. The van der Waals surface area contributed by atoms with Crippen molar-refractivity contribution in [3.8, 4) is 0 Å². The van der Waals surface area contributed by atoms with E-state index in [0.29, 0.717) is 0 Å². The summed E-state index contributed by atoms with van der Waals surface area (Å²) < 4.78 is 0. The van der Waals surface area contributed by atoms with Crippen LogP contribution in [-0.2, 0) is 4.79 Å². The zero-order valence-corrected chi connectivity index (χ0v) is 13.4. The number of unbranched alkanes of at least 4 members (excludes halogenated alkanes) is 1. The summed E-state index contributed by atoms with van der Waals surface area (Å²) in [7, 11) is 0. The van der Waals surface area contributed by atoms with E-state index in [-0.39, 0.29) is 0 Å². The highest BCUT2D eigenvalue weighted by molar-refractivity contribution is 7.99. The fraction of sp³-hybridized carbons (Fsp3) is 0.938. The molecule has 1 aliphatic carbocycles. The monoisotopic (exact) mass is 286 g/mol. The maximum Gasteiger partial charge on any atom is 0.309 e. The Labute approximate surface area is 122 Å². The van der Waals surface area contributed by atoms with E-state index < -0.39 is 11.4 Å². The van der Waals surface area contributed by atoms with Crippen molar-refractivity contribution < 1.29 is 9.90 Å². The van der Waals surface area contributed by atoms with Crippen molar-refractivity contribution in [1.29, 1.82) is 0 Å². The summed E-state index contributed by atoms with van der Waals surface area (Å²) in [6.07, 6.45) is 9.90. The molecule has 1 fully saturated rings. The van der Waals surface area contributed by atoms with Gasteiger partial charge in [0.2, 0.25) is 0 Å². The molecule has 0 atom stereocenters. The van der Waals surface area contributed by atoms with Crippen LogP contribution in [0.4, 0.5) is 0 Å². The highest BCUT2D eigenvalue weighted by Gasteiger charge is 2.40. The number of carboxylic acid groups (broad SMARTS) is 1. The Kier molecular flexibility index (Phi) is 7.89. The Morgan fingerprint density at radius 1 is 1.26 bits per heavy atom. The van der Waals surface area contributed by atoms with Gasteiger partial charge in [-0.05, 0) is 55.9 Å². The summed E-state index contributed by atoms with van der Waals surface area (Å²) in [6, 6.07) is 0. The summed E-state index contributed by atoms with van der Waals surface area (Å²) in [4.78, 5) is 11.7. The fourth-order valence-corrected chi connectivity index (χ4v) is 3.88. The van der Waals surface area contributed by atoms with Crippen LogP contribution in [0.1, 0.15) is 71.6 Å². The van der Waals surface area contributed by atoms with Crippen LogP contribution in [0.15, 0.2) is 0 Å². The van der Waals surface area contributed by atoms with Crippen molar-refractivity contribution in [1.82, 2.24) is 0 Å². The molecule has 1 saturated carbocycles. The fourth-order valence-electron chi connectivity index (χ4n) is 3.24. The lowest BCUT2D eigenvalue weighted by molar-refractivity contribution is -0.152. The van der Waals surface area contributed by atoms with Crippen molar-refractivity contribution in [3.63, 3.8) is 0 Å². The van der Waals surface area contributed by atoms with Gasteiger partial charge < -0.3 is 5.11 Å². The number of carboxylic acids is 1. The first-order valence-electron chi connectivity index (χ1n) is 7.95. The molecule has 0 heterocycles. The second-order valence-electron chi connectivity index (χ2n) is 5.97. The molecule has 0 aromatic carbocycles. The third-order valence-corrected chi connectivity index (χ3v) is 5.62. The highest BCUT2D eigenvalue weighted by atomic mass is 32.2. The molecule has 2 nitrogen and oxygen atoms in total. The van der Waals surface area contributed by atoms with Gasteiger partial charge in [-0.2, -0.15) is 11.8 Å². The van der Waals surface area contributed by atoms with Crippen LogP contribution in [0.5, 0.6) is 0 Å². The Hall–Kier alpha value is -0.180. The minimum absolute atomic E-state index is 0.392. The zero-order valence-electron chi connectivity index (χ0n) is 12.6. The maximum atomic E-state index is 11.7. The third-order valence-electron chi connectivity index (χ3n) is 4.63. The molecule has 1 aliphatic rings. The van der Waals surface area contributed by atoms with E-state index in [9.17, 15) is 9.90 Å². The first kappa shape index (κ1) is 16.9. The number of carbonyl (C=O) groups is 1. The van der Waals surface area contributed by atoms with E-state index in [1.807, 2.05) is 11.8 Å². The average molecular weight is 286 g/mol. The molecule has 19 heavy (non-hydrogen) atoms. The molecule has 0 unspecified atom stereocenters. The van der Waals surface area contributed by atoms with Crippen LogP contribution >= 0.6 is 11.8 Å². The van der Waals surface area contributed by atoms with Crippen LogP contribution in [-0.4, -0.2) is 22.6 Å². The second-order valence-corrected chi connectivity index (χ2v) is 7.37. The number of thioether (sulfide) groups is 1. The van der Waals surface area contributed by atoms with E-state index in [2.05, 4.69) is 13.8 Å². The first-order valence-corrected chi connectivity index (χ1v) is 9.11. The lowest BCUT2D eigenvalue weighted by atomic mass is 9.67. The summed E-state index contributed by atoms with van der Waals surface area (Å²) in [6.45, 7) is 4.40. The number of rotatable bonds is 9. The standard InChI is InChI=1S/C16H30O2S/c1-3-5-7-14-8-11-16(12-9-14,15(17)18)10-6-13-19-4-2/h14H,3-13H2,1-2H3,(H,17,18). The molecule has 1 N–H and O–H groups in total. The van der Waals surface area contributed by atoms with E-state index in [0.717, 1.165) is 55.9 Å². The molecule has 0 bridgehead atoms. The van der Waals surface area contributed by atoms with E-state index in [4.69, 9.17) is 0 Å². The van der Waals surface area contributed by atoms with Crippen LogP contribution in [0, 0.1) is 11.3 Å². The lowest BCUT2D eigenvalue weighted by Gasteiger charge is -2.37. The van der Waals surface area contributed by atoms with Gasteiger partial charge in [0, 0.05) is 0 Å². The molecular weight excluding hydrogens is 256 g/mol. The topological polar surface area (TPSA) is 37.3 Å². The molecule has 0 radical (unpaired) electrons. The molecule has 112 valence electrons. The predicted octanol–water partition coefficient (Wildman–Crippen LogP) is 4.97. The van der Waals surface area contributed by atoms with Gasteiger partial charge in [0.25, 0.3) is 0 Å². The zero-order chi connectivity index (χ0) is 14.1. The van der Waals surface area contributed by atoms with Crippen molar-refractivity contribution in [2.75, 3.05) is 11.5 Å². The minimum Gasteiger partial charge on any atom is -0.481 e. The van der Waals surface area contributed by atoms with E-state index >= 15 is 0 Å². The largest absolute Gasteiger partial charge is 0.481 e. The Bertz CT molecular complexity index is 257. The van der Waals surface area contributed by atoms with E-state index in [1.54, 1.807) is 0 Å². The second kappa shape index (κ2) is 8.89. The van der Waals surface area contributed by atoms with Gasteiger partial charge in [-0.15, -0.1) is 0 Å². The van der Waals surface area contributed by atoms with Crippen molar-refractivity contribution in [3.05, 3.63) is 0 Å². The Morgan fingerprint density at radius 3 is 2.47 bits per heavy atom. The molecule has 3 heteroatoms. The average Bonchev–Trinajstić information content (AvgIpc) is 2.42. The Balaban J connectivity index is 2.40. The quantitative estimate of drug-likeness (QED) is 0.608. The van der Waals surface area contributed by atoms with Crippen LogP contribution in [0.25, 0.3) is 0 Å². The molecule has 0 aromatic rings. The van der Waals surface area contributed by atoms with Gasteiger partial charge in [-0.1, -0.05) is 33.1 Å². The van der Waals surface area contributed by atoms with Crippen LogP contribution in [0.2, 0.25) is 0 Å². The van der Waals surface area contributed by atoms with Gasteiger partial charge in [-0.3, -0.25) is 4.79 Å². The number of aliphatic carboxylic acids is 1. The maximum absolute atomic E-state index is 11.7. The molecule has 0 spiro atoms. The summed E-state index contributed by atoms with van der Waals surface area (Å²) in [5, 5.41) is 9.60. The predicted molar refractivity (Wildman–Crippen MR) is 83.8 cm³/mol. The van der Waals surface area contributed by atoms with Gasteiger partial charge >= 0.3 is 5.97 Å². The van der Waals surface area contributed by atoms with Crippen LogP contribution in [0.3, 0.4) is 0 Å². The summed E-state index contributed by atoms with van der Waals surface area (Å²) in [5.41, 5.74) is -0.392. The minimum atomic E-state index is -0.539. The third kappa shape index (κ3) is 5.37. The van der Waals surface area contributed by atoms with Gasteiger partial charge in [0.15, 0.2) is 0 Å². The van der Waals surface area contributed by atoms with E-state index in [1.165, 1.54) is 19.3 Å². The number of hydrogen-bond acceptors (Lipinski definition) is 2. The Morgan fingerprint density at radius 2 is 1.95 bits per heavy atom. The molecular formula is C16H30O2S. The van der Waals surface area contributed by atoms with Gasteiger partial charge in [-0.25, -0.2) is 0 Å². The van der Waals surface area contributed by atoms with Crippen molar-refractivity contribution in [2.45, 2.75) is 71.6 Å². The van der Waals surface area contributed by atoms with Crippen molar-refractivity contribution >= 4 is 17.7 Å². The lowest BCUT2D eigenvalue weighted by Crippen LogP contribution is -2.35. The van der Waals surface area contributed by atoms with Gasteiger partial charge in [0.05, 0.1) is 5.41 Å². The SMILES string of the molecule is CCCCC1CCC(CCCSCC)(C(=O)O)CC1. The molecule has 0 aliphatic heterocycles. The van der Waals surface area contributed by atoms with Gasteiger partial charge in [0.1, 0.15) is 0 Å². The molecule has 0 amide bonds. The smallest absolute Gasteiger partial charge is 0.309 e. The highest BCUT2D eigenvalue weighted by Crippen LogP contribution is 2.44. The summed E-state index contributed by atoms with van der Waals surface area (Å²) >= 11 is 1.93. The number of hydrogen-bond donors (Lipinski definition) is 1. The summed E-state index contributed by atoms with van der Waals surface area (Å²) in [5.74, 6) is 2.50. The molecule has 1 rings (SSSR count). The first-order chi connectivity index (χ1) is 9.14. The normalized spacial score (nSPS) is 27.4.